The molecule has 2 heteroatoms. The average Bonchev–Trinajstić information content (AvgIpc) is 2.33. The van der Waals surface area contributed by atoms with Crippen molar-refractivity contribution in [1.82, 2.24) is 4.98 Å². The molecule has 1 heterocycles. The molecule has 0 aromatic carbocycles. The topological polar surface area (TPSA) is 12.9 Å². The molecular formula is C13H19NSi. The zero-order valence-corrected chi connectivity index (χ0v) is 10.9. The van der Waals surface area contributed by atoms with E-state index < -0.39 is 8.07 Å². The summed E-state index contributed by atoms with van der Waals surface area (Å²) in [5, 5.41) is 0. The quantitative estimate of drug-likeness (QED) is 0.558. The Hall–Kier alpha value is -1.07. The van der Waals surface area contributed by atoms with Crippen LogP contribution in [-0.2, 0) is 0 Å². The van der Waals surface area contributed by atoms with Crippen molar-refractivity contribution in [3.8, 4) is 11.5 Å². The molecular weight excluding hydrogens is 198 g/mol. The zero-order chi connectivity index (χ0) is 11.1. The molecule has 0 spiro atoms. The van der Waals surface area contributed by atoms with Gasteiger partial charge in [0.2, 0.25) is 0 Å². The van der Waals surface area contributed by atoms with Crippen LogP contribution in [0.15, 0.2) is 24.4 Å². The van der Waals surface area contributed by atoms with Gasteiger partial charge in [0, 0.05) is 6.20 Å². The molecule has 0 radical (unpaired) electrons. The van der Waals surface area contributed by atoms with Crippen molar-refractivity contribution < 1.29 is 0 Å². The normalized spacial score (nSPS) is 10.6. The minimum Gasteiger partial charge on any atom is -0.248 e. The van der Waals surface area contributed by atoms with Gasteiger partial charge in [0.1, 0.15) is 13.8 Å². The fraction of sp³-hybridized carbons (Fsp3) is 0.462. The Morgan fingerprint density at radius 3 is 2.27 bits per heavy atom. The largest absolute Gasteiger partial charge is 0.248 e. The third kappa shape index (κ3) is 3.21. The Kier molecular flexibility index (Phi) is 4.58. The van der Waals surface area contributed by atoms with Crippen LogP contribution >= 0.6 is 0 Å². The first-order valence-corrected chi connectivity index (χ1v) is 8.32. The molecule has 0 aliphatic carbocycles. The van der Waals surface area contributed by atoms with Gasteiger partial charge in [0.25, 0.3) is 0 Å². The van der Waals surface area contributed by atoms with E-state index in [2.05, 4.69) is 37.2 Å². The maximum atomic E-state index is 4.23. The molecule has 0 fully saturated rings. The Morgan fingerprint density at radius 2 is 1.80 bits per heavy atom. The molecule has 0 unspecified atom stereocenters. The Bertz CT molecular complexity index is 336. The van der Waals surface area contributed by atoms with Crippen LogP contribution in [0.3, 0.4) is 0 Å². The predicted octanol–water partition coefficient (Wildman–Crippen LogP) is 3.48. The van der Waals surface area contributed by atoms with E-state index in [0.29, 0.717) is 0 Å². The van der Waals surface area contributed by atoms with E-state index in [4.69, 9.17) is 0 Å². The molecule has 0 aliphatic heterocycles. The van der Waals surface area contributed by atoms with Gasteiger partial charge >= 0.3 is 0 Å². The monoisotopic (exact) mass is 217 g/mol. The lowest BCUT2D eigenvalue weighted by atomic mass is 10.4. The predicted molar refractivity (Wildman–Crippen MR) is 68.3 cm³/mol. The van der Waals surface area contributed by atoms with Crippen LogP contribution in [0.4, 0.5) is 0 Å². The standard InChI is InChI=1S/C13H19NSi/c1-4-15(5-2,6-3)12-10-13-9-7-8-11-14-13/h7-9,11H,4-6H2,1-3H3. The van der Waals surface area contributed by atoms with E-state index in [-0.39, 0.29) is 0 Å². The van der Waals surface area contributed by atoms with Gasteiger partial charge < -0.3 is 0 Å². The van der Waals surface area contributed by atoms with Gasteiger partial charge in [0.05, 0.1) is 0 Å². The number of pyridine rings is 1. The van der Waals surface area contributed by atoms with Gasteiger partial charge in [-0.05, 0) is 30.3 Å². The third-order valence-corrected chi connectivity index (χ3v) is 7.87. The fourth-order valence-corrected chi connectivity index (χ4v) is 4.07. The summed E-state index contributed by atoms with van der Waals surface area (Å²) < 4.78 is 0. The lowest BCUT2D eigenvalue weighted by molar-refractivity contribution is 1.20. The van der Waals surface area contributed by atoms with E-state index in [1.807, 2.05) is 18.2 Å². The van der Waals surface area contributed by atoms with Crippen LogP contribution in [0.25, 0.3) is 0 Å². The third-order valence-electron chi connectivity index (χ3n) is 3.15. The molecule has 0 amide bonds. The molecule has 0 bridgehead atoms. The van der Waals surface area contributed by atoms with Crippen LogP contribution < -0.4 is 0 Å². The van der Waals surface area contributed by atoms with Crippen molar-refractivity contribution in [1.29, 1.82) is 0 Å². The van der Waals surface area contributed by atoms with Crippen LogP contribution in [0.2, 0.25) is 18.1 Å². The summed E-state index contributed by atoms with van der Waals surface area (Å²) in [5.74, 6) is 3.24. The minimum absolute atomic E-state index is 0.907. The average molecular weight is 217 g/mol. The first-order chi connectivity index (χ1) is 7.26. The number of nitrogens with zero attached hydrogens (tertiary/aromatic N) is 1. The maximum absolute atomic E-state index is 4.23. The Labute approximate surface area is 94.0 Å². The highest BCUT2D eigenvalue weighted by atomic mass is 28.3. The highest BCUT2D eigenvalue weighted by Gasteiger charge is 2.24. The summed E-state index contributed by atoms with van der Waals surface area (Å²) in [5.41, 5.74) is 4.43. The summed E-state index contributed by atoms with van der Waals surface area (Å²) in [6.45, 7) is 6.81. The molecule has 0 N–H and O–H groups in total. The molecule has 1 rings (SSSR count). The molecule has 1 aromatic heterocycles. The lowest BCUT2D eigenvalue weighted by Gasteiger charge is -2.19. The van der Waals surface area contributed by atoms with Gasteiger partial charge in [0.15, 0.2) is 0 Å². The summed E-state index contributed by atoms with van der Waals surface area (Å²) in [7, 11) is -1.30. The van der Waals surface area contributed by atoms with E-state index in [0.717, 1.165) is 5.69 Å². The van der Waals surface area contributed by atoms with Crippen molar-refractivity contribution in [2.24, 2.45) is 0 Å². The second-order valence-corrected chi connectivity index (χ2v) is 8.74. The molecule has 0 saturated heterocycles. The van der Waals surface area contributed by atoms with Gasteiger partial charge in [-0.25, -0.2) is 4.98 Å². The molecule has 0 atom stereocenters. The first-order valence-electron chi connectivity index (χ1n) is 5.70. The van der Waals surface area contributed by atoms with Crippen molar-refractivity contribution in [3.05, 3.63) is 30.1 Å². The van der Waals surface area contributed by atoms with Crippen LogP contribution in [-0.4, -0.2) is 13.1 Å². The van der Waals surface area contributed by atoms with Gasteiger partial charge in [-0.1, -0.05) is 32.8 Å². The molecule has 0 saturated carbocycles. The minimum atomic E-state index is -1.30. The molecule has 0 aliphatic rings. The number of rotatable bonds is 3. The van der Waals surface area contributed by atoms with Gasteiger partial charge in [-0.3, -0.25) is 0 Å². The summed E-state index contributed by atoms with van der Waals surface area (Å²) in [6, 6.07) is 9.64. The Balaban J connectivity index is 2.88. The van der Waals surface area contributed by atoms with Gasteiger partial charge in [-0.15, -0.1) is 5.54 Å². The van der Waals surface area contributed by atoms with Crippen molar-refractivity contribution in [2.75, 3.05) is 0 Å². The summed E-state index contributed by atoms with van der Waals surface area (Å²) in [4.78, 5) is 4.23. The molecule has 1 nitrogen and oxygen atoms in total. The molecule has 15 heavy (non-hydrogen) atoms. The van der Waals surface area contributed by atoms with E-state index in [1.165, 1.54) is 18.1 Å². The van der Waals surface area contributed by atoms with E-state index in [9.17, 15) is 0 Å². The van der Waals surface area contributed by atoms with Crippen molar-refractivity contribution >= 4 is 8.07 Å². The van der Waals surface area contributed by atoms with Crippen molar-refractivity contribution in [3.63, 3.8) is 0 Å². The lowest BCUT2D eigenvalue weighted by Crippen LogP contribution is -2.29. The number of aromatic nitrogens is 1. The molecule has 80 valence electrons. The zero-order valence-electron chi connectivity index (χ0n) is 9.88. The van der Waals surface area contributed by atoms with Gasteiger partial charge in [-0.2, -0.15) is 0 Å². The fourth-order valence-electron chi connectivity index (χ4n) is 1.65. The van der Waals surface area contributed by atoms with E-state index in [1.54, 1.807) is 6.20 Å². The smallest absolute Gasteiger partial charge is 0.138 e. The Morgan fingerprint density at radius 1 is 1.13 bits per heavy atom. The van der Waals surface area contributed by atoms with Crippen LogP contribution in [0, 0.1) is 11.5 Å². The highest BCUT2D eigenvalue weighted by Crippen LogP contribution is 2.18. The van der Waals surface area contributed by atoms with Crippen LogP contribution in [0.5, 0.6) is 0 Å². The first kappa shape index (κ1) is 12.0. The highest BCUT2D eigenvalue weighted by molar-refractivity contribution is 6.87. The second-order valence-electron chi connectivity index (χ2n) is 3.81. The van der Waals surface area contributed by atoms with Crippen molar-refractivity contribution in [2.45, 2.75) is 38.9 Å². The summed E-state index contributed by atoms with van der Waals surface area (Å²) in [6.07, 6.45) is 1.80. The van der Waals surface area contributed by atoms with Crippen LogP contribution in [0.1, 0.15) is 26.5 Å². The second kappa shape index (κ2) is 5.72. The molecule has 1 aromatic rings. The maximum Gasteiger partial charge on any atom is 0.138 e. The van der Waals surface area contributed by atoms with E-state index >= 15 is 0 Å². The number of hydrogen-bond acceptors (Lipinski definition) is 1. The number of hydrogen-bond donors (Lipinski definition) is 0. The summed E-state index contributed by atoms with van der Waals surface area (Å²) >= 11 is 0. The SMILES string of the molecule is CC[Si](C#Cc1ccccn1)(CC)CC.